The number of nitrogens with one attached hydrogen (secondary N) is 1. The number of pyridine rings is 1. The van der Waals surface area contributed by atoms with Crippen molar-refractivity contribution in [1.29, 1.82) is 0 Å². The van der Waals surface area contributed by atoms with Crippen molar-refractivity contribution in [3.8, 4) is 0 Å². The van der Waals surface area contributed by atoms with Crippen molar-refractivity contribution < 1.29 is 4.74 Å². The molecule has 1 N–H and O–H groups in total. The highest BCUT2D eigenvalue weighted by atomic mass is 16.5. The Bertz CT molecular complexity index is 880. The highest BCUT2D eigenvalue weighted by Gasteiger charge is 2.17. The standard InChI is InChI=1S/C17H21N5O/c1-10-7-11(2)19-16-15(10)17-20-12(3)8-14(22(17)21-16)18-9-13-5-4-6-23-13/h7-8,13,18H,4-6,9H2,1-3H3/t13-/m1/s1. The lowest BCUT2D eigenvalue weighted by molar-refractivity contribution is 0.120. The van der Waals surface area contributed by atoms with E-state index in [4.69, 9.17) is 4.74 Å². The summed E-state index contributed by atoms with van der Waals surface area (Å²) in [5.74, 6) is 0.943. The summed E-state index contributed by atoms with van der Waals surface area (Å²) in [6.07, 6.45) is 2.54. The summed E-state index contributed by atoms with van der Waals surface area (Å²) in [4.78, 5) is 9.24. The number of rotatable bonds is 3. The minimum atomic E-state index is 0.283. The topological polar surface area (TPSA) is 64.3 Å². The third-order valence-electron chi connectivity index (χ3n) is 4.34. The van der Waals surface area contributed by atoms with Gasteiger partial charge in [-0.3, -0.25) is 0 Å². The molecule has 120 valence electrons. The maximum absolute atomic E-state index is 5.69. The molecule has 0 saturated carbocycles. The van der Waals surface area contributed by atoms with Gasteiger partial charge in [0.1, 0.15) is 5.82 Å². The summed E-state index contributed by atoms with van der Waals surface area (Å²) in [6.45, 7) is 7.74. The second-order valence-electron chi connectivity index (χ2n) is 6.31. The molecule has 0 aliphatic carbocycles. The molecule has 6 heteroatoms. The fourth-order valence-electron chi connectivity index (χ4n) is 3.29. The Labute approximate surface area is 134 Å². The molecule has 0 bridgehead atoms. The number of ether oxygens (including phenoxy) is 1. The predicted octanol–water partition coefficient (Wildman–Crippen LogP) is 2.79. The first-order valence-corrected chi connectivity index (χ1v) is 8.11. The van der Waals surface area contributed by atoms with E-state index in [0.29, 0.717) is 0 Å². The first-order valence-electron chi connectivity index (χ1n) is 8.11. The van der Waals surface area contributed by atoms with Crippen LogP contribution in [0.4, 0.5) is 5.82 Å². The molecule has 3 aromatic heterocycles. The number of anilines is 1. The van der Waals surface area contributed by atoms with Gasteiger partial charge in [0, 0.05) is 30.6 Å². The van der Waals surface area contributed by atoms with Crippen LogP contribution in [0.5, 0.6) is 0 Å². The minimum Gasteiger partial charge on any atom is -0.376 e. The molecule has 0 aromatic carbocycles. The summed E-state index contributed by atoms with van der Waals surface area (Å²) < 4.78 is 7.56. The van der Waals surface area contributed by atoms with E-state index >= 15 is 0 Å². The summed E-state index contributed by atoms with van der Waals surface area (Å²) >= 11 is 0. The Kier molecular flexibility index (Phi) is 3.41. The van der Waals surface area contributed by atoms with E-state index in [1.165, 1.54) is 0 Å². The fourth-order valence-corrected chi connectivity index (χ4v) is 3.29. The quantitative estimate of drug-likeness (QED) is 0.806. The third kappa shape index (κ3) is 2.53. The zero-order chi connectivity index (χ0) is 16.0. The first kappa shape index (κ1) is 14.4. The molecule has 4 heterocycles. The van der Waals surface area contributed by atoms with Crippen molar-refractivity contribution in [2.45, 2.75) is 39.7 Å². The van der Waals surface area contributed by atoms with E-state index in [1.54, 1.807) is 0 Å². The molecule has 1 fully saturated rings. The molecule has 3 aromatic rings. The van der Waals surface area contributed by atoms with Gasteiger partial charge >= 0.3 is 0 Å². The first-order chi connectivity index (χ1) is 11.1. The molecule has 1 atom stereocenters. The van der Waals surface area contributed by atoms with E-state index in [9.17, 15) is 0 Å². The van der Waals surface area contributed by atoms with Gasteiger partial charge in [0.15, 0.2) is 11.3 Å². The highest BCUT2D eigenvalue weighted by molar-refractivity contribution is 5.93. The molecule has 0 radical (unpaired) electrons. The van der Waals surface area contributed by atoms with E-state index < -0.39 is 0 Å². The molecule has 23 heavy (non-hydrogen) atoms. The molecule has 1 aliphatic rings. The molecular formula is C17H21N5O. The predicted molar refractivity (Wildman–Crippen MR) is 90.0 cm³/mol. The van der Waals surface area contributed by atoms with Crippen molar-refractivity contribution in [3.63, 3.8) is 0 Å². The number of nitrogens with zero attached hydrogens (tertiary/aromatic N) is 4. The Balaban J connectivity index is 1.82. The summed E-state index contributed by atoms with van der Waals surface area (Å²) in [6, 6.07) is 4.10. The van der Waals surface area contributed by atoms with Crippen LogP contribution in [0.15, 0.2) is 12.1 Å². The van der Waals surface area contributed by atoms with Gasteiger partial charge in [-0.2, -0.15) is 4.52 Å². The smallest absolute Gasteiger partial charge is 0.184 e. The average Bonchev–Trinajstić information content (AvgIpc) is 3.11. The van der Waals surface area contributed by atoms with E-state index in [2.05, 4.69) is 33.4 Å². The Morgan fingerprint density at radius 1 is 1.22 bits per heavy atom. The van der Waals surface area contributed by atoms with E-state index in [-0.39, 0.29) is 6.10 Å². The van der Waals surface area contributed by atoms with Crippen LogP contribution >= 0.6 is 0 Å². The summed E-state index contributed by atoms with van der Waals surface area (Å²) in [7, 11) is 0. The maximum atomic E-state index is 5.69. The zero-order valence-corrected chi connectivity index (χ0v) is 13.8. The maximum Gasteiger partial charge on any atom is 0.184 e. The monoisotopic (exact) mass is 311 g/mol. The largest absolute Gasteiger partial charge is 0.376 e. The molecule has 0 amide bonds. The van der Waals surface area contributed by atoms with Gasteiger partial charge in [0.05, 0.1) is 11.5 Å². The number of hydrogen-bond acceptors (Lipinski definition) is 5. The molecule has 1 saturated heterocycles. The van der Waals surface area contributed by atoms with Crippen molar-refractivity contribution >= 4 is 22.5 Å². The Morgan fingerprint density at radius 2 is 2.04 bits per heavy atom. The lowest BCUT2D eigenvalue weighted by Crippen LogP contribution is -2.20. The molecule has 1 aliphatic heterocycles. The van der Waals surface area contributed by atoms with Gasteiger partial charge < -0.3 is 10.1 Å². The minimum absolute atomic E-state index is 0.283. The molecule has 0 spiro atoms. The normalized spacial score (nSPS) is 18.1. The van der Waals surface area contributed by atoms with Crippen LogP contribution in [-0.4, -0.2) is 38.8 Å². The van der Waals surface area contributed by atoms with Gasteiger partial charge in [-0.1, -0.05) is 0 Å². The summed E-state index contributed by atoms with van der Waals surface area (Å²) in [5, 5.41) is 9.16. The van der Waals surface area contributed by atoms with Crippen LogP contribution in [-0.2, 0) is 4.74 Å². The zero-order valence-electron chi connectivity index (χ0n) is 13.8. The van der Waals surface area contributed by atoms with Crippen LogP contribution in [0.2, 0.25) is 0 Å². The van der Waals surface area contributed by atoms with E-state index in [1.807, 2.05) is 24.4 Å². The molecular weight excluding hydrogens is 290 g/mol. The number of fused-ring (bicyclic) bond motifs is 3. The van der Waals surface area contributed by atoms with Crippen LogP contribution in [0, 0.1) is 20.8 Å². The SMILES string of the molecule is Cc1cc(C)c2c(n1)nn1c(NC[C@H]3CCCO3)cc(C)nc21. The van der Waals surface area contributed by atoms with Crippen molar-refractivity contribution in [2.75, 3.05) is 18.5 Å². The van der Waals surface area contributed by atoms with Gasteiger partial charge in [-0.05, 0) is 45.2 Å². The van der Waals surface area contributed by atoms with Gasteiger partial charge in [0.25, 0.3) is 0 Å². The van der Waals surface area contributed by atoms with Crippen LogP contribution in [0.1, 0.15) is 29.8 Å². The Hall–Kier alpha value is -2.21. The van der Waals surface area contributed by atoms with Gasteiger partial charge in [-0.15, -0.1) is 5.10 Å². The van der Waals surface area contributed by atoms with Crippen LogP contribution in [0.3, 0.4) is 0 Å². The molecule has 4 rings (SSSR count). The fraction of sp³-hybridized carbons (Fsp3) is 0.471. The summed E-state index contributed by atoms with van der Waals surface area (Å²) in [5.41, 5.74) is 4.71. The van der Waals surface area contributed by atoms with Gasteiger partial charge in [-0.25, -0.2) is 9.97 Å². The number of aromatic nitrogens is 4. The van der Waals surface area contributed by atoms with Crippen molar-refractivity contribution in [3.05, 3.63) is 29.1 Å². The van der Waals surface area contributed by atoms with Gasteiger partial charge in [0.2, 0.25) is 0 Å². The lowest BCUT2D eigenvalue weighted by atomic mass is 10.2. The van der Waals surface area contributed by atoms with Crippen LogP contribution in [0.25, 0.3) is 16.7 Å². The third-order valence-corrected chi connectivity index (χ3v) is 4.34. The van der Waals surface area contributed by atoms with E-state index in [0.717, 1.165) is 65.4 Å². The lowest BCUT2D eigenvalue weighted by Gasteiger charge is -2.13. The second kappa shape index (κ2) is 5.45. The number of hydrogen-bond donors (Lipinski definition) is 1. The number of aryl methyl sites for hydroxylation is 3. The van der Waals surface area contributed by atoms with Crippen molar-refractivity contribution in [1.82, 2.24) is 19.6 Å². The second-order valence-corrected chi connectivity index (χ2v) is 6.31. The highest BCUT2D eigenvalue weighted by Crippen LogP contribution is 2.24. The molecule has 6 nitrogen and oxygen atoms in total. The Morgan fingerprint density at radius 3 is 2.83 bits per heavy atom. The van der Waals surface area contributed by atoms with Crippen molar-refractivity contribution in [2.24, 2.45) is 0 Å². The van der Waals surface area contributed by atoms with Crippen LogP contribution < -0.4 is 5.32 Å². The molecule has 0 unspecified atom stereocenters. The average molecular weight is 311 g/mol.